The maximum Gasteiger partial charge on any atom is 0.209 e. The maximum absolute atomic E-state index is 5.84. The number of benzene rings is 1. The highest BCUT2D eigenvalue weighted by atomic mass is 16.5. The summed E-state index contributed by atoms with van der Waals surface area (Å²) in [6.45, 7) is 1.32. The van der Waals surface area contributed by atoms with Crippen LogP contribution in [0.2, 0.25) is 0 Å². The Bertz CT molecular complexity index is 1100. The fourth-order valence-corrected chi connectivity index (χ4v) is 5.26. The Morgan fingerprint density at radius 3 is 2.21 bits per heavy atom. The van der Waals surface area contributed by atoms with Crippen molar-refractivity contribution in [2.24, 2.45) is 5.73 Å². The minimum atomic E-state index is 0.550. The van der Waals surface area contributed by atoms with E-state index in [4.69, 9.17) is 29.9 Å². The molecule has 3 N–H and O–H groups in total. The second-order valence-corrected chi connectivity index (χ2v) is 8.65. The lowest BCUT2D eigenvalue weighted by molar-refractivity contribution is 0.324. The first kappa shape index (κ1) is 21.6. The topological polar surface area (TPSA) is 99.7 Å². The molecule has 2 aromatic heterocycles. The van der Waals surface area contributed by atoms with Gasteiger partial charge in [0.25, 0.3) is 0 Å². The molecular formula is C24H32N6O3. The summed E-state index contributed by atoms with van der Waals surface area (Å²) in [6.07, 6.45) is 5.90. The predicted molar refractivity (Wildman–Crippen MR) is 129 cm³/mol. The fraction of sp³-hybridized carbons (Fsp3) is 0.500. The number of nitrogens with two attached hydrogens (primary N) is 1. The van der Waals surface area contributed by atoms with Gasteiger partial charge in [0.15, 0.2) is 17.1 Å². The van der Waals surface area contributed by atoms with Gasteiger partial charge in [0.2, 0.25) is 11.7 Å². The first-order chi connectivity index (χ1) is 16.2. The van der Waals surface area contributed by atoms with Crippen LogP contribution in [0.15, 0.2) is 24.3 Å². The molecule has 3 aromatic rings. The second kappa shape index (κ2) is 8.97. The monoisotopic (exact) mass is 452 g/mol. The summed E-state index contributed by atoms with van der Waals surface area (Å²) in [5.74, 6) is 3.47. The second-order valence-electron chi connectivity index (χ2n) is 8.65. The van der Waals surface area contributed by atoms with Gasteiger partial charge in [-0.05, 0) is 50.8 Å². The first-order valence-corrected chi connectivity index (χ1v) is 11.6. The molecule has 2 saturated heterocycles. The van der Waals surface area contributed by atoms with Gasteiger partial charge in [0, 0.05) is 36.4 Å². The van der Waals surface area contributed by atoms with Crippen LogP contribution in [0.1, 0.15) is 32.1 Å². The van der Waals surface area contributed by atoms with Crippen molar-refractivity contribution in [3.05, 3.63) is 24.3 Å². The number of ether oxygens (including phenoxy) is 3. The number of imidazole rings is 1. The maximum atomic E-state index is 5.84. The molecule has 9 nitrogen and oxygen atoms in total. The fourth-order valence-electron chi connectivity index (χ4n) is 5.26. The molecule has 2 aliphatic rings. The van der Waals surface area contributed by atoms with E-state index in [2.05, 4.69) is 26.9 Å². The van der Waals surface area contributed by atoms with E-state index in [1.54, 1.807) is 21.3 Å². The molecule has 5 rings (SSSR count). The summed E-state index contributed by atoms with van der Waals surface area (Å²) >= 11 is 0. The van der Waals surface area contributed by atoms with Crippen LogP contribution in [-0.2, 0) is 6.54 Å². The van der Waals surface area contributed by atoms with Crippen LogP contribution in [0.4, 0.5) is 17.5 Å². The summed E-state index contributed by atoms with van der Waals surface area (Å²) in [7, 11) is 4.80. The largest absolute Gasteiger partial charge is 0.493 e. The molecule has 2 fully saturated rings. The molecule has 2 aliphatic heterocycles. The van der Waals surface area contributed by atoms with E-state index in [9.17, 15) is 0 Å². The van der Waals surface area contributed by atoms with Crippen LogP contribution in [-0.4, -0.2) is 54.5 Å². The minimum absolute atomic E-state index is 0.550. The molecule has 1 aromatic carbocycles. The van der Waals surface area contributed by atoms with Crippen LogP contribution in [0.3, 0.4) is 0 Å². The van der Waals surface area contributed by atoms with Gasteiger partial charge in [-0.2, -0.15) is 0 Å². The molecule has 9 heteroatoms. The van der Waals surface area contributed by atoms with Gasteiger partial charge in [0.05, 0.1) is 21.3 Å². The molecule has 0 saturated carbocycles. The van der Waals surface area contributed by atoms with Gasteiger partial charge in [-0.25, -0.2) is 9.97 Å². The van der Waals surface area contributed by atoms with E-state index >= 15 is 0 Å². The number of hydrogen-bond acceptors (Lipinski definition) is 8. The standard InChI is InChI=1S/C24H32N6O3/c1-31-19-13-15(14-20(32-2)22(19)33-3)26-24-27-18-9-10-21(28-23(18)29(24)12-4-11-25)30-16-5-6-17(30)8-7-16/h9-10,13-14,16-17H,4-8,11-12,25H2,1-3H3,(H,26,27). The van der Waals surface area contributed by atoms with Crippen LogP contribution in [0.5, 0.6) is 17.2 Å². The summed E-state index contributed by atoms with van der Waals surface area (Å²) in [6, 6.07) is 9.18. The van der Waals surface area contributed by atoms with Crippen LogP contribution < -0.4 is 30.2 Å². The number of fused-ring (bicyclic) bond motifs is 3. The van der Waals surface area contributed by atoms with E-state index in [-0.39, 0.29) is 0 Å². The van der Waals surface area contributed by atoms with Crippen LogP contribution in [0.25, 0.3) is 11.2 Å². The lowest BCUT2D eigenvalue weighted by atomic mass is 10.0. The Morgan fingerprint density at radius 1 is 0.970 bits per heavy atom. The van der Waals surface area contributed by atoms with Crippen molar-refractivity contribution in [1.82, 2.24) is 14.5 Å². The normalized spacial score (nSPS) is 19.3. The van der Waals surface area contributed by atoms with Crippen LogP contribution in [0, 0.1) is 0 Å². The number of hydrogen-bond donors (Lipinski definition) is 2. The van der Waals surface area contributed by atoms with Gasteiger partial charge >= 0.3 is 0 Å². The smallest absolute Gasteiger partial charge is 0.209 e. The van der Waals surface area contributed by atoms with Crippen LogP contribution >= 0.6 is 0 Å². The van der Waals surface area contributed by atoms with Crippen molar-refractivity contribution < 1.29 is 14.2 Å². The third kappa shape index (κ3) is 3.80. The third-order valence-electron chi connectivity index (χ3n) is 6.80. The zero-order valence-electron chi connectivity index (χ0n) is 19.5. The molecule has 2 bridgehead atoms. The summed E-state index contributed by atoms with van der Waals surface area (Å²) < 4.78 is 18.6. The number of nitrogens with one attached hydrogen (secondary N) is 1. The third-order valence-corrected chi connectivity index (χ3v) is 6.80. The highest BCUT2D eigenvalue weighted by molar-refractivity contribution is 5.79. The number of aromatic nitrogens is 3. The highest BCUT2D eigenvalue weighted by Crippen LogP contribution is 2.42. The Morgan fingerprint density at radius 2 is 1.64 bits per heavy atom. The van der Waals surface area contributed by atoms with Gasteiger partial charge in [-0.15, -0.1) is 0 Å². The Kier molecular flexibility index (Phi) is 5.88. The highest BCUT2D eigenvalue weighted by Gasteiger charge is 2.40. The molecule has 0 radical (unpaired) electrons. The number of pyridine rings is 1. The quantitative estimate of drug-likeness (QED) is 0.507. The molecule has 33 heavy (non-hydrogen) atoms. The van der Waals surface area contributed by atoms with Crippen molar-refractivity contribution in [2.75, 3.05) is 38.1 Å². The molecule has 0 atom stereocenters. The van der Waals surface area contributed by atoms with E-state index in [0.717, 1.165) is 35.6 Å². The van der Waals surface area contributed by atoms with Gasteiger partial charge in [-0.1, -0.05) is 0 Å². The molecule has 0 spiro atoms. The average Bonchev–Trinajstić information content (AvgIpc) is 3.54. The molecule has 4 heterocycles. The van der Waals surface area contributed by atoms with Crippen molar-refractivity contribution in [3.63, 3.8) is 0 Å². The molecule has 0 unspecified atom stereocenters. The number of rotatable bonds is 9. The summed E-state index contributed by atoms with van der Waals surface area (Å²) in [4.78, 5) is 12.5. The molecular weight excluding hydrogens is 420 g/mol. The van der Waals surface area contributed by atoms with Crippen molar-refractivity contribution in [2.45, 2.75) is 50.7 Å². The van der Waals surface area contributed by atoms with Gasteiger partial charge < -0.3 is 30.2 Å². The number of nitrogens with zero attached hydrogens (tertiary/aromatic N) is 4. The predicted octanol–water partition coefficient (Wildman–Crippen LogP) is 3.68. The molecule has 0 amide bonds. The van der Waals surface area contributed by atoms with E-state index in [1.165, 1.54) is 25.7 Å². The number of aryl methyl sites for hydroxylation is 1. The molecule has 176 valence electrons. The van der Waals surface area contributed by atoms with E-state index in [1.807, 2.05) is 12.1 Å². The first-order valence-electron chi connectivity index (χ1n) is 11.6. The lowest BCUT2D eigenvalue weighted by Gasteiger charge is -2.23. The van der Waals surface area contributed by atoms with Crippen molar-refractivity contribution >= 4 is 28.6 Å². The SMILES string of the molecule is COc1cc(Nc2nc3ccc(N4C5CCC4CC5)nc3n2CCCN)cc(OC)c1OC. The zero-order valence-corrected chi connectivity index (χ0v) is 19.5. The Labute approximate surface area is 193 Å². The van der Waals surface area contributed by atoms with E-state index < -0.39 is 0 Å². The Balaban J connectivity index is 1.54. The Hall–Kier alpha value is -3.20. The summed E-state index contributed by atoms with van der Waals surface area (Å²) in [5.41, 5.74) is 8.36. The zero-order chi connectivity index (χ0) is 22.9. The summed E-state index contributed by atoms with van der Waals surface area (Å²) in [5, 5.41) is 3.43. The minimum Gasteiger partial charge on any atom is -0.493 e. The van der Waals surface area contributed by atoms with Gasteiger partial charge in [0.1, 0.15) is 11.3 Å². The average molecular weight is 453 g/mol. The molecule has 0 aliphatic carbocycles. The number of anilines is 3. The van der Waals surface area contributed by atoms with Gasteiger partial charge in [-0.3, -0.25) is 4.57 Å². The van der Waals surface area contributed by atoms with Crippen molar-refractivity contribution in [3.8, 4) is 17.2 Å². The van der Waals surface area contributed by atoms with Crippen molar-refractivity contribution in [1.29, 1.82) is 0 Å². The van der Waals surface area contributed by atoms with E-state index in [0.29, 0.717) is 41.8 Å². The number of methoxy groups -OCH3 is 3. The lowest BCUT2D eigenvalue weighted by Crippen LogP contribution is -2.28.